The van der Waals surface area contributed by atoms with E-state index in [-0.39, 0.29) is 11.3 Å². The molecule has 2 aromatic rings. The summed E-state index contributed by atoms with van der Waals surface area (Å²) >= 11 is 0. The van der Waals surface area contributed by atoms with Crippen LogP contribution in [-0.2, 0) is 9.47 Å². The minimum absolute atomic E-state index is 0.0234. The summed E-state index contributed by atoms with van der Waals surface area (Å²) in [5.41, 5.74) is 0.491. The van der Waals surface area contributed by atoms with Crippen molar-refractivity contribution in [2.24, 2.45) is 0 Å². The highest BCUT2D eigenvalue weighted by molar-refractivity contribution is 6.01. The fraction of sp³-hybridized carbons (Fsp3) is 0.214. The van der Waals surface area contributed by atoms with Crippen molar-refractivity contribution in [1.82, 2.24) is 9.78 Å². The van der Waals surface area contributed by atoms with E-state index in [9.17, 15) is 9.59 Å². The van der Waals surface area contributed by atoms with Gasteiger partial charge in [0.05, 0.1) is 21.3 Å². The molecule has 0 radical (unpaired) electrons. The molecule has 0 bridgehead atoms. The van der Waals surface area contributed by atoms with Gasteiger partial charge in [-0.25, -0.2) is 14.3 Å². The van der Waals surface area contributed by atoms with Gasteiger partial charge in [0, 0.05) is 6.20 Å². The number of rotatable bonds is 4. The number of carbonyl (C=O) groups excluding carboxylic acids is 2. The molecule has 0 amide bonds. The average molecular weight is 290 g/mol. The van der Waals surface area contributed by atoms with Gasteiger partial charge in [-0.1, -0.05) is 12.1 Å². The van der Waals surface area contributed by atoms with Crippen molar-refractivity contribution in [3.63, 3.8) is 0 Å². The zero-order chi connectivity index (χ0) is 15.4. The van der Waals surface area contributed by atoms with Crippen molar-refractivity contribution >= 4 is 11.9 Å². The van der Waals surface area contributed by atoms with E-state index in [1.165, 1.54) is 32.2 Å². The van der Waals surface area contributed by atoms with Crippen LogP contribution in [-0.4, -0.2) is 43.0 Å². The molecule has 7 heteroatoms. The Balaban J connectivity index is 2.58. The maximum absolute atomic E-state index is 11.7. The Morgan fingerprint density at radius 1 is 1.05 bits per heavy atom. The van der Waals surface area contributed by atoms with Crippen molar-refractivity contribution in [2.75, 3.05) is 21.3 Å². The number of carbonyl (C=O) groups is 2. The highest BCUT2D eigenvalue weighted by Gasteiger charge is 2.24. The molecule has 0 unspecified atom stereocenters. The monoisotopic (exact) mass is 290 g/mol. The molecule has 2 rings (SSSR count). The van der Waals surface area contributed by atoms with Gasteiger partial charge in [0.1, 0.15) is 17.0 Å². The highest BCUT2D eigenvalue weighted by atomic mass is 16.5. The van der Waals surface area contributed by atoms with Gasteiger partial charge in [-0.05, 0) is 12.1 Å². The smallest absolute Gasteiger partial charge is 0.359 e. The summed E-state index contributed by atoms with van der Waals surface area (Å²) in [4.78, 5) is 23.5. The summed E-state index contributed by atoms with van der Waals surface area (Å²) in [6.45, 7) is 0. The van der Waals surface area contributed by atoms with Crippen LogP contribution in [0.4, 0.5) is 0 Å². The van der Waals surface area contributed by atoms with E-state index in [0.29, 0.717) is 11.4 Å². The first-order valence-corrected chi connectivity index (χ1v) is 6.02. The number of hydrogen-bond acceptors (Lipinski definition) is 6. The molecule has 0 saturated heterocycles. The van der Waals surface area contributed by atoms with Crippen LogP contribution >= 0.6 is 0 Å². The van der Waals surface area contributed by atoms with Crippen LogP contribution < -0.4 is 4.74 Å². The number of nitrogens with zero attached hydrogens (tertiary/aromatic N) is 2. The summed E-state index contributed by atoms with van der Waals surface area (Å²) in [7, 11) is 3.96. The average Bonchev–Trinajstić information content (AvgIpc) is 2.98. The molecule has 110 valence electrons. The predicted octanol–water partition coefficient (Wildman–Crippen LogP) is 1.45. The number of benzene rings is 1. The van der Waals surface area contributed by atoms with E-state index in [2.05, 4.69) is 14.6 Å². The van der Waals surface area contributed by atoms with Crippen LogP contribution in [0, 0.1) is 0 Å². The van der Waals surface area contributed by atoms with Gasteiger partial charge in [-0.2, -0.15) is 5.10 Å². The van der Waals surface area contributed by atoms with Gasteiger partial charge in [0.15, 0.2) is 5.69 Å². The lowest BCUT2D eigenvalue weighted by atomic mass is 10.2. The third kappa shape index (κ3) is 2.71. The zero-order valence-electron chi connectivity index (χ0n) is 11.8. The summed E-state index contributed by atoms with van der Waals surface area (Å²) in [5.74, 6) is -0.839. The largest absolute Gasteiger partial charge is 0.494 e. The number of para-hydroxylation sites is 2. The van der Waals surface area contributed by atoms with E-state index >= 15 is 0 Å². The maximum atomic E-state index is 11.7. The minimum atomic E-state index is -0.718. The fourth-order valence-corrected chi connectivity index (χ4v) is 1.82. The maximum Gasteiger partial charge on any atom is 0.359 e. The lowest BCUT2D eigenvalue weighted by Crippen LogP contribution is -2.10. The number of ether oxygens (including phenoxy) is 3. The van der Waals surface area contributed by atoms with Crippen molar-refractivity contribution in [2.45, 2.75) is 0 Å². The molecule has 21 heavy (non-hydrogen) atoms. The molecule has 0 fully saturated rings. The zero-order valence-corrected chi connectivity index (χ0v) is 11.8. The van der Waals surface area contributed by atoms with Crippen LogP contribution in [0.2, 0.25) is 0 Å². The van der Waals surface area contributed by atoms with Crippen molar-refractivity contribution in [3.05, 3.63) is 41.7 Å². The topological polar surface area (TPSA) is 79.7 Å². The van der Waals surface area contributed by atoms with Gasteiger partial charge in [-0.15, -0.1) is 0 Å². The molecule has 0 aliphatic rings. The quantitative estimate of drug-likeness (QED) is 0.793. The van der Waals surface area contributed by atoms with Crippen molar-refractivity contribution < 1.29 is 23.8 Å². The summed E-state index contributed by atoms with van der Waals surface area (Å²) < 4.78 is 15.9. The van der Waals surface area contributed by atoms with Gasteiger partial charge in [0.25, 0.3) is 0 Å². The van der Waals surface area contributed by atoms with E-state index in [1.807, 2.05) is 0 Å². The normalized spacial score (nSPS) is 10.0. The number of aromatic nitrogens is 2. The van der Waals surface area contributed by atoms with Crippen LogP contribution in [0.1, 0.15) is 20.8 Å². The molecule has 1 aromatic heterocycles. The Kier molecular flexibility index (Phi) is 4.22. The lowest BCUT2D eigenvalue weighted by Gasteiger charge is -2.07. The SMILES string of the molecule is COC(=O)c1cn(-c2ccccc2OC)nc1C(=O)OC. The molecule has 7 nitrogen and oxygen atoms in total. The van der Waals surface area contributed by atoms with E-state index in [0.717, 1.165) is 0 Å². The Morgan fingerprint density at radius 2 is 1.71 bits per heavy atom. The van der Waals surface area contributed by atoms with Gasteiger partial charge >= 0.3 is 11.9 Å². The third-order valence-corrected chi connectivity index (χ3v) is 2.83. The first-order valence-electron chi connectivity index (χ1n) is 6.02. The van der Waals surface area contributed by atoms with Crippen LogP contribution in [0.25, 0.3) is 5.69 Å². The highest BCUT2D eigenvalue weighted by Crippen LogP contribution is 2.23. The molecular formula is C14H14N2O5. The predicted molar refractivity (Wildman–Crippen MR) is 72.8 cm³/mol. The molecule has 0 N–H and O–H groups in total. The Labute approximate surface area is 121 Å². The minimum Gasteiger partial charge on any atom is -0.494 e. The Hall–Kier alpha value is -2.83. The van der Waals surface area contributed by atoms with Crippen LogP contribution in [0.3, 0.4) is 0 Å². The molecule has 1 heterocycles. The van der Waals surface area contributed by atoms with E-state index in [4.69, 9.17) is 4.74 Å². The summed E-state index contributed by atoms with van der Waals surface area (Å²) in [5, 5.41) is 4.09. The molecule has 1 aromatic carbocycles. The second kappa shape index (κ2) is 6.08. The number of esters is 2. The Morgan fingerprint density at radius 3 is 2.33 bits per heavy atom. The molecule has 0 atom stereocenters. The van der Waals surface area contributed by atoms with Crippen LogP contribution in [0.15, 0.2) is 30.5 Å². The molecule has 0 aliphatic heterocycles. The van der Waals surface area contributed by atoms with Crippen LogP contribution in [0.5, 0.6) is 5.75 Å². The number of methoxy groups -OCH3 is 3. The standard InChI is InChI=1S/C14H14N2O5/c1-19-11-7-5-4-6-10(11)16-8-9(13(17)20-2)12(15-16)14(18)21-3/h4-8H,1-3H3. The second-order valence-electron chi connectivity index (χ2n) is 3.99. The first-order chi connectivity index (χ1) is 10.1. The van der Waals surface area contributed by atoms with Gasteiger partial charge in [0.2, 0.25) is 0 Å². The first kappa shape index (κ1) is 14.6. The molecule has 0 aliphatic carbocycles. The molecular weight excluding hydrogens is 276 g/mol. The fourth-order valence-electron chi connectivity index (χ4n) is 1.82. The van der Waals surface area contributed by atoms with Gasteiger partial charge in [-0.3, -0.25) is 0 Å². The van der Waals surface area contributed by atoms with E-state index in [1.54, 1.807) is 24.3 Å². The summed E-state index contributed by atoms with van der Waals surface area (Å²) in [6, 6.07) is 7.07. The van der Waals surface area contributed by atoms with Gasteiger partial charge < -0.3 is 14.2 Å². The molecule has 0 spiro atoms. The van der Waals surface area contributed by atoms with Crippen molar-refractivity contribution in [3.8, 4) is 11.4 Å². The Bertz CT molecular complexity index is 644. The number of hydrogen-bond donors (Lipinski definition) is 0. The summed E-state index contributed by atoms with van der Waals surface area (Å²) in [6.07, 6.45) is 1.40. The van der Waals surface area contributed by atoms with Crippen molar-refractivity contribution in [1.29, 1.82) is 0 Å². The lowest BCUT2D eigenvalue weighted by molar-refractivity contribution is 0.0552. The molecule has 0 saturated carbocycles. The third-order valence-electron chi connectivity index (χ3n) is 2.83. The van der Waals surface area contributed by atoms with E-state index < -0.39 is 11.9 Å². The second-order valence-corrected chi connectivity index (χ2v) is 3.99.